The molecule has 78 valence electrons. The Morgan fingerprint density at radius 1 is 1.64 bits per heavy atom. The third kappa shape index (κ3) is 2.10. The number of aromatic nitrogens is 3. The summed E-state index contributed by atoms with van der Waals surface area (Å²) in [6, 6.07) is 0. The van der Waals surface area contributed by atoms with Gasteiger partial charge in [-0.3, -0.25) is 4.68 Å². The third-order valence-corrected chi connectivity index (χ3v) is 2.68. The molecular formula is C9H16N4O. The van der Waals surface area contributed by atoms with Crippen LogP contribution in [0.1, 0.15) is 12.1 Å². The van der Waals surface area contributed by atoms with E-state index in [4.69, 9.17) is 5.11 Å². The van der Waals surface area contributed by atoms with E-state index in [1.807, 2.05) is 10.9 Å². The normalized spacial score (nSPS) is 23.1. The van der Waals surface area contributed by atoms with Gasteiger partial charge in [0.15, 0.2) is 0 Å². The lowest BCUT2D eigenvalue weighted by atomic mass is 10.1. The number of hydrogen-bond donors (Lipinski definition) is 1. The number of aliphatic hydroxyl groups is 1. The summed E-state index contributed by atoms with van der Waals surface area (Å²) in [5, 5.41) is 16.6. The van der Waals surface area contributed by atoms with E-state index < -0.39 is 0 Å². The minimum Gasteiger partial charge on any atom is -0.390 e. The van der Waals surface area contributed by atoms with Crippen LogP contribution in [0, 0.1) is 5.92 Å². The van der Waals surface area contributed by atoms with Gasteiger partial charge in [-0.1, -0.05) is 5.21 Å². The molecule has 1 aromatic rings. The van der Waals surface area contributed by atoms with Crippen molar-refractivity contribution in [1.29, 1.82) is 0 Å². The molecule has 5 nitrogen and oxygen atoms in total. The molecule has 0 amide bonds. The van der Waals surface area contributed by atoms with Crippen LogP contribution in [-0.2, 0) is 13.2 Å². The summed E-state index contributed by atoms with van der Waals surface area (Å²) in [6.07, 6.45) is 3.04. The van der Waals surface area contributed by atoms with Crippen molar-refractivity contribution in [2.24, 2.45) is 5.92 Å². The van der Waals surface area contributed by atoms with Gasteiger partial charge in [0.05, 0.1) is 12.8 Å². The molecule has 1 aliphatic heterocycles. The summed E-state index contributed by atoms with van der Waals surface area (Å²) in [6.45, 7) is 3.20. The molecule has 1 aromatic heterocycles. The van der Waals surface area contributed by atoms with Crippen LogP contribution in [0.25, 0.3) is 0 Å². The lowest BCUT2D eigenvalue weighted by Crippen LogP contribution is -2.17. The molecule has 0 aliphatic carbocycles. The third-order valence-electron chi connectivity index (χ3n) is 2.68. The van der Waals surface area contributed by atoms with Gasteiger partial charge in [-0.05, 0) is 25.9 Å². The van der Waals surface area contributed by atoms with E-state index in [9.17, 15) is 0 Å². The average molecular weight is 196 g/mol. The second-order valence-electron chi connectivity index (χ2n) is 4.01. The van der Waals surface area contributed by atoms with Crippen molar-refractivity contribution >= 4 is 0 Å². The summed E-state index contributed by atoms with van der Waals surface area (Å²) >= 11 is 0. The smallest absolute Gasteiger partial charge is 0.108 e. The zero-order chi connectivity index (χ0) is 9.97. The minimum atomic E-state index is -0.0232. The number of likely N-dealkylation sites (tertiary alicyclic amines) is 1. The molecule has 0 bridgehead atoms. The van der Waals surface area contributed by atoms with Crippen LogP contribution in [0.15, 0.2) is 6.20 Å². The maximum absolute atomic E-state index is 8.83. The first-order chi connectivity index (χ1) is 6.78. The van der Waals surface area contributed by atoms with Crippen LogP contribution in [-0.4, -0.2) is 45.1 Å². The van der Waals surface area contributed by atoms with E-state index in [2.05, 4.69) is 22.3 Å². The van der Waals surface area contributed by atoms with Gasteiger partial charge < -0.3 is 10.0 Å². The summed E-state index contributed by atoms with van der Waals surface area (Å²) < 4.78 is 1.83. The lowest BCUT2D eigenvalue weighted by Gasteiger charge is -2.09. The summed E-state index contributed by atoms with van der Waals surface area (Å²) in [5.41, 5.74) is 0.649. The Labute approximate surface area is 83.3 Å². The molecule has 0 unspecified atom stereocenters. The Morgan fingerprint density at radius 2 is 2.50 bits per heavy atom. The van der Waals surface area contributed by atoms with Crippen molar-refractivity contribution in [3.8, 4) is 0 Å². The molecule has 0 saturated carbocycles. The van der Waals surface area contributed by atoms with Gasteiger partial charge in [-0.15, -0.1) is 5.10 Å². The molecule has 2 heterocycles. The Hall–Kier alpha value is -0.940. The SMILES string of the molecule is CN1CC[C@H](Cn2cc(CO)nn2)C1. The molecule has 5 heteroatoms. The first kappa shape index (κ1) is 9.61. The summed E-state index contributed by atoms with van der Waals surface area (Å²) in [7, 11) is 2.14. The van der Waals surface area contributed by atoms with Crippen LogP contribution in [0.2, 0.25) is 0 Å². The van der Waals surface area contributed by atoms with E-state index in [0.29, 0.717) is 11.6 Å². The highest BCUT2D eigenvalue weighted by molar-refractivity contribution is 4.89. The fourth-order valence-corrected chi connectivity index (χ4v) is 1.94. The van der Waals surface area contributed by atoms with Gasteiger partial charge in [-0.2, -0.15) is 0 Å². The van der Waals surface area contributed by atoms with Crippen molar-refractivity contribution < 1.29 is 5.11 Å². The molecule has 0 spiro atoms. The molecule has 1 saturated heterocycles. The molecule has 14 heavy (non-hydrogen) atoms. The molecule has 1 atom stereocenters. The standard InChI is InChI=1S/C9H16N4O/c1-12-3-2-8(4-12)5-13-6-9(7-14)10-11-13/h6,8,14H,2-5,7H2,1H3/t8-/m0/s1. The quantitative estimate of drug-likeness (QED) is 0.722. The van der Waals surface area contributed by atoms with Crippen LogP contribution in [0.4, 0.5) is 0 Å². The van der Waals surface area contributed by atoms with Crippen LogP contribution in [0.3, 0.4) is 0 Å². The molecule has 1 N–H and O–H groups in total. The highest BCUT2D eigenvalue weighted by Crippen LogP contribution is 2.15. The highest BCUT2D eigenvalue weighted by atomic mass is 16.3. The number of hydrogen-bond acceptors (Lipinski definition) is 4. The predicted octanol–water partition coefficient (Wildman–Crippen LogP) is -0.278. The Morgan fingerprint density at radius 3 is 3.07 bits per heavy atom. The fourth-order valence-electron chi connectivity index (χ4n) is 1.94. The van der Waals surface area contributed by atoms with E-state index in [1.165, 1.54) is 13.0 Å². The number of aliphatic hydroxyl groups excluding tert-OH is 1. The molecule has 0 aromatic carbocycles. The van der Waals surface area contributed by atoms with E-state index >= 15 is 0 Å². The lowest BCUT2D eigenvalue weighted by molar-refractivity contribution is 0.276. The number of rotatable bonds is 3. The van der Waals surface area contributed by atoms with Crippen molar-refractivity contribution in [2.45, 2.75) is 19.6 Å². The molecular weight excluding hydrogens is 180 g/mol. The summed E-state index contributed by atoms with van der Waals surface area (Å²) in [4.78, 5) is 2.33. The minimum absolute atomic E-state index is 0.0232. The van der Waals surface area contributed by atoms with E-state index in [1.54, 1.807) is 0 Å². The Bertz CT molecular complexity index is 299. The van der Waals surface area contributed by atoms with Gasteiger partial charge in [0.25, 0.3) is 0 Å². The van der Waals surface area contributed by atoms with Gasteiger partial charge in [0, 0.05) is 13.1 Å². The second kappa shape index (κ2) is 4.06. The zero-order valence-electron chi connectivity index (χ0n) is 8.43. The van der Waals surface area contributed by atoms with Crippen LogP contribution >= 0.6 is 0 Å². The average Bonchev–Trinajstić information content (AvgIpc) is 2.76. The highest BCUT2D eigenvalue weighted by Gasteiger charge is 2.20. The fraction of sp³-hybridized carbons (Fsp3) is 0.778. The Balaban J connectivity index is 1.90. The predicted molar refractivity (Wildman–Crippen MR) is 51.5 cm³/mol. The van der Waals surface area contributed by atoms with Gasteiger partial charge in [0.1, 0.15) is 5.69 Å². The topological polar surface area (TPSA) is 54.2 Å². The van der Waals surface area contributed by atoms with Crippen LogP contribution < -0.4 is 0 Å². The molecule has 0 radical (unpaired) electrons. The van der Waals surface area contributed by atoms with Crippen molar-refractivity contribution in [1.82, 2.24) is 19.9 Å². The van der Waals surface area contributed by atoms with E-state index in [0.717, 1.165) is 13.1 Å². The Kier molecular flexibility index (Phi) is 2.79. The van der Waals surface area contributed by atoms with Crippen LogP contribution in [0.5, 0.6) is 0 Å². The first-order valence-electron chi connectivity index (χ1n) is 4.96. The molecule has 2 rings (SSSR count). The van der Waals surface area contributed by atoms with Gasteiger partial charge in [-0.25, -0.2) is 0 Å². The van der Waals surface area contributed by atoms with E-state index in [-0.39, 0.29) is 6.61 Å². The maximum atomic E-state index is 8.83. The summed E-state index contributed by atoms with van der Waals surface area (Å²) in [5.74, 6) is 0.674. The van der Waals surface area contributed by atoms with Gasteiger partial charge >= 0.3 is 0 Å². The van der Waals surface area contributed by atoms with Gasteiger partial charge in [0.2, 0.25) is 0 Å². The number of nitrogens with zero attached hydrogens (tertiary/aromatic N) is 4. The van der Waals surface area contributed by atoms with Crippen molar-refractivity contribution in [3.05, 3.63) is 11.9 Å². The zero-order valence-corrected chi connectivity index (χ0v) is 8.43. The molecule has 1 aliphatic rings. The first-order valence-corrected chi connectivity index (χ1v) is 4.96. The van der Waals surface area contributed by atoms with Crippen molar-refractivity contribution in [3.63, 3.8) is 0 Å². The van der Waals surface area contributed by atoms with Crippen molar-refractivity contribution in [2.75, 3.05) is 20.1 Å². The molecule has 1 fully saturated rings. The largest absolute Gasteiger partial charge is 0.390 e. The maximum Gasteiger partial charge on any atom is 0.108 e. The second-order valence-corrected chi connectivity index (χ2v) is 4.01. The monoisotopic (exact) mass is 196 g/mol.